The Bertz CT molecular complexity index is 677. The van der Waals surface area contributed by atoms with Crippen LogP contribution in [0.5, 0.6) is 0 Å². The molecule has 2 aliphatic heterocycles. The van der Waals surface area contributed by atoms with Crippen molar-refractivity contribution in [2.45, 2.75) is 32.3 Å². The van der Waals surface area contributed by atoms with E-state index in [1.807, 2.05) is 30.0 Å². The van der Waals surface area contributed by atoms with Gasteiger partial charge in [0.2, 0.25) is 5.91 Å². The van der Waals surface area contributed by atoms with E-state index < -0.39 is 0 Å². The van der Waals surface area contributed by atoms with Crippen LogP contribution in [0.1, 0.15) is 26.2 Å². The van der Waals surface area contributed by atoms with Crippen molar-refractivity contribution in [1.82, 2.24) is 15.5 Å². The monoisotopic (exact) mass is 559 g/mol. The van der Waals surface area contributed by atoms with Crippen LogP contribution >= 0.6 is 24.0 Å². The lowest BCUT2D eigenvalue weighted by atomic mass is 10.2. The molecule has 1 aromatic carbocycles. The second-order valence-corrected chi connectivity index (χ2v) is 7.89. The molecule has 0 aromatic heterocycles. The highest BCUT2D eigenvalue weighted by molar-refractivity contribution is 14.0. The highest BCUT2D eigenvalue weighted by Gasteiger charge is 2.21. The summed E-state index contributed by atoms with van der Waals surface area (Å²) in [6, 6.07) is 10.4. The Morgan fingerprint density at radius 2 is 1.97 bits per heavy atom. The third kappa shape index (κ3) is 9.11. The molecule has 0 aliphatic carbocycles. The first kappa shape index (κ1) is 26.7. The first-order valence-corrected chi connectivity index (χ1v) is 11.6. The molecule has 2 N–H and O–H groups in total. The van der Waals surface area contributed by atoms with Gasteiger partial charge in [0.25, 0.3) is 0 Å². The van der Waals surface area contributed by atoms with Crippen molar-refractivity contribution < 1.29 is 14.3 Å². The normalized spacial score (nSPS) is 18.9. The highest BCUT2D eigenvalue weighted by Crippen LogP contribution is 2.15. The zero-order valence-electron chi connectivity index (χ0n) is 19.1. The zero-order valence-corrected chi connectivity index (χ0v) is 21.5. The number of rotatable bonds is 10. The fraction of sp³-hybridized carbons (Fsp3) is 0.652. The number of carbonyl (C=O) groups is 1. The van der Waals surface area contributed by atoms with Gasteiger partial charge in [-0.25, -0.2) is 4.99 Å². The van der Waals surface area contributed by atoms with Crippen LogP contribution < -0.4 is 15.5 Å². The summed E-state index contributed by atoms with van der Waals surface area (Å²) >= 11 is 0. The van der Waals surface area contributed by atoms with E-state index >= 15 is 0 Å². The Morgan fingerprint density at radius 3 is 2.66 bits per heavy atom. The lowest BCUT2D eigenvalue weighted by molar-refractivity contribution is -0.129. The average molecular weight is 559 g/mol. The van der Waals surface area contributed by atoms with Crippen LogP contribution in [-0.4, -0.2) is 88.5 Å². The van der Waals surface area contributed by atoms with Crippen LogP contribution in [0.15, 0.2) is 35.3 Å². The average Bonchev–Trinajstić information content (AvgIpc) is 3.33. The van der Waals surface area contributed by atoms with Gasteiger partial charge in [0.1, 0.15) is 6.54 Å². The smallest absolute Gasteiger partial charge is 0.244 e. The number of nitrogens with zero attached hydrogens (tertiary/aromatic N) is 3. The molecule has 0 spiro atoms. The van der Waals surface area contributed by atoms with Gasteiger partial charge in [0.15, 0.2) is 5.96 Å². The number of guanidine groups is 1. The summed E-state index contributed by atoms with van der Waals surface area (Å²) in [6.45, 7) is 9.09. The second kappa shape index (κ2) is 15.3. The third-order valence-electron chi connectivity index (χ3n) is 5.56. The van der Waals surface area contributed by atoms with Gasteiger partial charge < -0.3 is 29.9 Å². The number of hydrogen-bond donors (Lipinski definition) is 2. The van der Waals surface area contributed by atoms with Crippen molar-refractivity contribution in [2.75, 3.05) is 70.5 Å². The van der Waals surface area contributed by atoms with Crippen molar-refractivity contribution in [3.05, 3.63) is 30.3 Å². The Hall–Kier alpha value is -1.59. The summed E-state index contributed by atoms with van der Waals surface area (Å²) in [4.78, 5) is 21.3. The minimum atomic E-state index is 0. The molecule has 0 bridgehead atoms. The van der Waals surface area contributed by atoms with Crippen LogP contribution in [0.3, 0.4) is 0 Å². The highest BCUT2D eigenvalue weighted by atomic mass is 127. The molecule has 1 atom stereocenters. The SMILES string of the molecule is CCNC(=NCC(=O)N1CCN(c2ccccc2)CC1)NCCCOCC1CCCO1.I. The number of halogens is 1. The first-order chi connectivity index (χ1) is 15.3. The number of piperazine rings is 1. The quantitative estimate of drug-likeness (QED) is 0.198. The maximum Gasteiger partial charge on any atom is 0.244 e. The summed E-state index contributed by atoms with van der Waals surface area (Å²) < 4.78 is 11.2. The van der Waals surface area contributed by atoms with E-state index in [1.165, 1.54) is 5.69 Å². The Balaban J connectivity index is 0.00000363. The summed E-state index contributed by atoms with van der Waals surface area (Å²) in [5, 5.41) is 6.49. The Labute approximate surface area is 209 Å². The standard InChI is InChI=1S/C23H37N5O3.HI/c1-2-24-23(25-11-7-16-30-19-21-10-6-17-31-21)26-18-22(29)28-14-12-27(13-15-28)20-8-4-3-5-9-20;/h3-5,8-9,21H,2,6-7,10-19H2,1H3,(H2,24,25,26);1H. The van der Waals surface area contributed by atoms with Gasteiger partial charge in [0.05, 0.1) is 12.7 Å². The van der Waals surface area contributed by atoms with Crippen molar-refractivity contribution in [3.8, 4) is 0 Å². The number of aliphatic imine (C=N–C) groups is 1. The number of para-hydroxylation sites is 1. The molecule has 0 radical (unpaired) electrons. The number of hydrogen-bond acceptors (Lipinski definition) is 5. The fourth-order valence-electron chi connectivity index (χ4n) is 3.81. The molecular weight excluding hydrogens is 521 g/mol. The molecule has 1 aromatic rings. The molecule has 0 saturated carbocycles. The molecular formula is C23H38IN5O3. The fourth-order valence-corrected chi connectivity index (χ4v) is 3.81. The van der Waals surface area contributed by atoms with Gasteiger partial charge in [-0.15, -0.1) is 24.0 Å². The van der Waals surface area contributed by atoms with E-state index in [0.717, 1.165) is 65.1 Å². The van der Waals surface area contributed by atoms with Crippen LogP contribution in [0, 0.1) is 0 Å². The molecule has 2 saturated heterocycles. The summed E-state index contributed by atoms with van der Waals surface area (Å²) in [5.41, 5.74) is 1.21. The molecule has 8 nitrogen and oxygen atoms in total. The van der Waals surface area contributed by atoms with Gasteiger partial charge in [-0.1, -0.05) is 18.2 Å². The van der Waals surface area contributed by atoms with E-state index in [-0.39, 0.29) is 42.5 Å². The molecule has 2 fully saturated rings. The van der Waals surface area contributed by atoms with Crippen molar-refractivity contribution >= 4 is 41.5 Å². The number of ether oxygens (including phenoxy) is 2. The lowest BCUT2D eigenvalue weighted by Gasteiger charge is -2.36. The van der Waals surface area contributed by atoms with Gasteiger partial charge in [-0.05, 0) is 38.3 Å². The van der Waals surface area contributed by atoms with E-state index in [9.17, 15) is 4.79 Å². The van der Waals surface area contributed by atoms with Crippen molar-refractivity contribution in [3.63, 3.8) is 0 Å². The molecule has 9 heteroatoms. The Kier molecular flexibility index (Phi) is 12.7. The number of anilines is 1. The molecule has 3 rings (SSSR count). The van der Waals surface area contributed by atoms with Crippen LogP contribution in [0.2, 0.25) is 0 Å². The number of benzene rings is 1. The number of amides is 1. The predicted octanol–water partition coefficient (Wildman–Crippen LogP) is 2.09. The molecule has 2 aliphatic rings. The van der Waals surface area contributed by atoms with E-state index in [0.29, 0.717) is 19.2 Å². The van der Waals surface area contributed by atoms with Gasteiger partial charge in [-0.3, -0.25) is 4.79 Å². The molecule has 32 heavy (non-hydrogen) atoms. The molecule has 2 heterocycles. The number of nitrogens with one attached hydrogen (secondary N) is 2. The van der Waals surface area contributed by atoms with Crippen LogP contribution in [0.4, 0.5) is 5.69 Å². The largest absolute Gasteiger partial charge is 0.379 e. The van der Waals surface area contributed by atoms with Crippen LogP contribution in [-0.2, 0) is 14.3 Å². The predicted molar refractivity (Wildman–Crippen MR) is 139 cm³/mol. The topological polar surface area (TPSA) is 78.4 Å². The molecule has 1 unspecified atom stereocenters. The maximum absolute atomic E-state index is 12.6. The number of carbonyl (C=O) groups excluding carboxylic acids is 1. The van der Waals surface area contributed by atoms with E-state index in [2.05, 4.69) is 32.7 Å². The summed E-state index contributed by atoms with van der Waals surface area (Å²) in [5.74, 6) is 0.753. The van der Waals surface area contributed by atoms with Gasteiger partial charge >= 0.3 is 0 Å². The summed E-state index contributed by atoms with van der Waals surface area (Å²) in [7, 11) is 0. The van der Waals surface area contributed by atoms with E-state index in [1.54, 1.807) is 0 Å². The molecule has 180 valence electrons. The maximum atomic E-state index is 12.6. The van der Waals surface area contributed by atoms with Crippen molar-refractivity contribution in [1.29, 1.82) is 0 Å². The first-order valence-electron chi connectivity index (χ1n) is 11.6. The minimum Gasteiger partial charge on any atom is -0.379 e. The second-order valence-electron chi connectivity index (χ2n) is 7.89. The van der Waals surface area contributed by atoms with Gasteiger partial charge in [0, 0.05) is 58.2 Å². The van der Waals surface area contributed by atoms with Crippen molar-refractivity contribution in [2.24, 2.45) is 4.99 Å². The van der Waals surface area contributed by atoms with Gasteiger partial charge in [-0.2, -0.15) is 0 Å². The zero-order chi connectivity index (χ0) is 21.7. The minimum absolute atomic E-state index is 0. The Morgan fingerprint density at radius 1 is 1.19 bits per heavy atom. The van der Waals surface area contributed by atoms with E-state index in [4.69, 9.17) is 9.47 Å². The lowest BCUT2D eigenvalue weighted by Crippen LogP contribution is -2.49. The van der Waals surface area contributed by atoms with Crippen LogP contribution in [0.25, 0.3) is 0 Å². The molecule has 1 amide bonds. The summed E-state index contributed by atoms with van der Waals surface area (Å²) in [6.07, 6.45) is 3.39. The third-order valence-corrected chi connectivity index (χ3v) is 5.56.